The summed E-state index contributed by atoms with van der Waals surface area (Å²) in [6, 6.07) is 0. The lowest BCUT2D eigenvalue weighted by molar-refractivity contribution is 0.0942. The summed E-state index contributed by atoms with van der Waals surface area (Å²) < 4.78 is 5.53. The average Bonchev–Trinajstić information content (AvgIpc) is 3.01. The first-order valence-corrected chi connectivity index (χ1v) is 6.12. The van der Waals surface area contributed by atoms with Crippen LogP contribution in [0.1, 0.15) is 42.6 Å². The second-order valence-corrected chi connectivity index (χ2v) is 4.24. The third-order valence-corrected chi connectivity index (χ3v) is 2.91. The first kappa shape index (κ1) is 12.0. The zero-order valence-electron chi connectivity index (χ0n) is 9.82. The molecule has 2 heterocycles. The number of carbonyl (C=O) groups excluding carboxylic acids is 1. The summed E-state index contributed by atoms with van der Waals surface area (Å²) in [6.45, 7) is 1.59. The molecule has 2 rings (SSSR count). The molecule has 1 aromatic rings. The number of amides is 1. The van der Waals surface area contributed by atoms with Crippen molar-refractivity contribution in [2.45, 2.75) is 38.2 Å². The number of H-pyrrole nitrogens is 1. The van der Waals surface area contributed by atoms with Gasteiger partial charge in [0.25, 0.3) is 5.91 Å². The molecule has 1 aliphatic heterocycles. The van der Waals surface area contributed by atoms with E-state index in [1.54, 1.807) is 0 Å². The third kappa shape index (κ3) is 3.81. The van der Waals surface area contributed by atoms with Gasteiger partial charge in [0, 0.05) is 13.2 Å². The average molecular weight is 238 g/mol. The minimum Gasteiger partial charge on any atom is -0.378 e. The number of ether oxygens (including phenoxy) is 1. The number of aromatic nitrogens is 3. The van der Waals surface area contributed by atoms with Crippen molar-refractivity contribution < 1.29 is 9.53 Å². The number of carbonyl (C=O) groups is 1. The molecule has 0 aromatic carbocycles. The van der Waals surface area contributed by atoms with Crippen LogP contribution in [0, 0.1) is 0 Å². The maximum Gasteiger partial charge on any atom is 0.273 e. The Bertz CT molecular complexity index is 333. The normalized spacial score (nSPS) is 19.4. The maximum atomic E-state index is 11.5. The molecular formula is C11H18N4O2. The predicted molar refractivity (Wildman–Crippen MR) is 61.5 cm³/mol. The Morgan fingerprint density at radius 2 is 2.53 bits per heavy atom. The van der Waals surface area contributed by atoms with E-state index in [1.807, 2.05) is 0 Å². The molecule has 0 aliphatic carbocycles. The van der Waals surface area contributed by atoms with E-state index in [9.17, 15) is 4.79 Å². The van der Waals surface area contributed by atoms with Gasteiger partial charge in [0.1, 0.15) is 0 Å². The van der Waals surface area contributed by atoms with E-state index in [-0.39, 0.29) is 5.91 Å². The molecule has 0 bridgehead atoms. The predicted octanol–water partition coefficient (Wildman–Crippen LogP) is 0.884. The number of hydrogen-bond acceptors (Lipinski definition) is 4. The minimum atomic E-state index is -0.170. The Balaban J connectivity index is 1.52. The van der Waals surface area contributed by atoms with E-state index in [1.165, 1.54) is 19.0 Å². The van der Waals surface area contributed by atoms with Crippen LogP contribution in [0.15, 0.2) is 6.20 Å². The number of nitrogens with zero attached hydrogens (tertiary/aromatic N) is 2. The highest BCUT2D eigenvalue weighted by Gasteiger charge is 2.14. The summed E-state index contributed by atoms with van der Waals surface area (Å²) in [5, 5.41) is 12.5. The van der Waals surface area contributed by atoms with Crippen LogP contribution >= 0.6 is 0 Å². The molecule has 1 amide bonds. The van der Waals surface area contributed by atoms with Gasteiger partial charge in [-0.05, 0) is 32.1 Å². The molecule has 6 nitrogen and oxygen atoms in total. The van der Waals surface area contributed by atoms with Gasteiger partial charge in [0.15, 0.2) is 5.69 Å². The second kappa shape index (κ2) is 6.34. The van der Waals surface area contributed by atoms with Crippen LogP contribution in [0.5, 0.6) is 0 Å². The van der Waals surface area contributed by atoms with E-state index in [2.05, 4.69) is 20.7 Å². The molecular weight excluding hydrogens is 220 g/mol. The molecule has 0 unspecified atom stereocenters. The summed E-state index contributed by atoms with van der Waals surface area (Å²) in [5.41, 5.74) is 0.337. The number of nitrogens with one attached hydrogen (secondary N) is 2. The standard InChI is InChI=1S/C11H18N4O2/c16-11(10-8-13-15-14-10)12-6-2-1-4-9-5-3-7-17-9/h8-9H,1-7H2,(H,12,16)(H,13,14,15)/t9-/m0/s1. The van der Waals surface area contributed by atoms with Crippen LogP contribution in [-0.4, -0.2) is 40.6 Å². The van der Waals surface area contributed by atoms with Crippen LogP contribution in [-0.2, 0) is 4.74 Å². The summed E-state index contributed by atoms with van der Waals surface area (Å²) in [5.74, 6) is -0.170. The Kier molecular flexibility index (Phi) is 4.49. The topological polar surface area (TPSA) is 79.9 Å². The summed E-state index contributed by atoms with van der Waals surface area (Å²) in [7, 11) is 0. The quantitative estimate of drug-likeness (QED) is 0.721. The number of hydrogen-bond donors (Lipinski definition) is 2. The molecule has 1 aliphatic rings. The Morgan fingerprint density at radius 1 is 1.59 bits per heavy atom. The first-order valence-electron chi connectivity index (χ1n) is 6.12. The second-order valence-electron chi connectivity index (χ2n) is 4.24. The Labute approximate surface area is 100 Å². The molecule has 0 spiro atoms. The van der Waals surface area contributed by atoms with Gasteiger partial charge < -0.3 is 10.1 Å². The van der Waals surface area contributed by atoms with Gasteiger partial charge in [-0.15, -0.1) is 0 Å². The lowest BCUT2D eigenvalue weighted by atomic mass is 10.1. The fourth-order valence-corrected chi connectivity index (χ4v) is 1.97. The molecule has 2 N–H and O–H groups in total. The maximum absolute atomic E-state index is 11.5. The number of rotatable bonds is 6. The van der Waals surface area contributed by atoms with E-state index >= 15 is 0 Å². The van der Waals surface area contributed by atoms with Crippen LogP contribution in [0.2, 0.25) is 0 Å². The van der Waals surface area contributed by atoms with Crippen molar-refractivity contribution in [3.05, 3.63) is 11.9 Å². The summed E-state index contributed by atoms with van der Waals surface area (Å²) in [4.78, 5) is 11.5. The lowest BCUT2D eigenvalue weighted by Gasteiger charge is -2.08. The van der Waals surface area contributed by atoms with Gasteiger partial charge in [0.2, 0.25) is 0 Å². The van der Waals surface area contributed by atoms with E-state index < -0.39 is 0 Å². The van der Waals surface area contributed by atoms with Crippen LogP contribution in [0.3, 0.4) is 0 Å². The van der Waals surface area contributed by atoms with Crippen molar-refractivity contribution >= 4 is 5.91 Å². The van der Waals surface area contributed by atoms with E-state index in [4.69, 9.17) is 4.74 Å². The number of aromatic amines is 1. The van der Waals surface area contributed by atoms with E-state index in [0.717, 1.165) is 25.9 Å². The molecule has 1 fully saturated rings. The monoisotopic (exact) mass is 238 g/mol. The molecule has 1 aromatic heterocycles. The molecule has 94 valence electrons. The van der Waals surface area contributed by atoms with Crippen molar-refractivity contribution in [1.82, 2.24) is 20.7 Å². The zero-order chi connectivity index (χ0) is 11.9. The first-order chi connectivity index (χ1) is 8.36. The summed E-state index contributed by atoms with van der Waals surface area (Å²) in [6.07, 6.45) is 7.40. The van der Waals surface area contributed by atoms with Crippen LogP contribution in [0.4, 0.5) is 0 Å². The molecule has 17 heavy (non-hydrogen) atoms. The smallest absolute Gasteiger partial charge is 0.273 e. The third-order valence-electron chi connectivity index (χ3n) is 2.91. The molecule has 1 atom stereocenters. The largest absolute Gasteiger partial charge is 0.378 e. The van der Waals surface area contributed by atoms with E-state index in [0.29, 0.717) is 18.3 Å². The van der Waals surface area contributed by atoms with Crippen molar-refractivity contribution in [2.24, 2.45) is 0 Å². The highest BCUT2D eigenvalue weighted by molar-refractivity contribution is 5.91. The van der Waals surface area contributed by atoms with Crippen molar-refractivity contribution in [2.75, 3.05) is 13.2 Å². The Morgan fingerprint density at radius 3 is 3.24 bits per heavy atom. The van der Waals surface area contributed by atoms with Crippen LogP contribution < -0.4 is 5.32 Å². The SMILES string of the molecule is O=C(NCCCC[C@H]1CCCO1)c1cn[nH]n1. The molecule has 1 saturated heterocycles. The van der Waals surface area contributed by atoms with Gasteiger partial charge in [-0.1, -0.05) is 0 Å². The van der Waals surface area contributed by atoms with Crippen molar-refractivity contribution in [3.8, 4) is 0 Å². The van der Waals surface area contributed by atoms with Gasteiger partial charge in [0.05, 0.1) is 12.3 Å². The minimum absolute atomic E-state index is 0.170. The number of unbranched alkanes of at least 4 members (excludes halogenated alkanes) is 1. The fraction of sp³-hybridized carbons (Fsp3) is 0.727. The summed E-state index contributed by atoms with van der Waals surface area (Å²) >= 11 is 0. The highest BCUT2D eigenvalue weighted by atomic mass is 16.5. The molecule has 6 heteroatoms. The van der Waals surface area contributed by atoms with Crippen molar-refractivity contribution in [3.63, 3.8) is 0 Å². The van der Waals surface area contributed by atoms with Gasteiger partial charge in [-0.25, -0.2) is 0 Å². The van der Waals surface area contributed by atoms with Crippen LogP contribution in [0.25, 0.3) is 0 Å². The molecule has 0 radical (unpaired) electrons. The van der Waals surface area contributed by atoms with Crippen molar-refractivity contribution in [1.29, 1.82) is 0 Å². The van der Waals surface area contributed by atoms with Gasteiger partial charge in [-0.2, -0.15) is 15.4 Å². The highest BCUT2D eigenvalue weighted by Crippen LogP contribution is 2.17. The lowest BCUT2D eigenvalue weighted by Crippen LogP contribution is -2.25. The fourth-order valence-electron chi connectivity index (χ4n) is 1.97. The molecule has 0 saturated carbocycles. The Hall–Kier alpha value is -1.43. The van der Waals surface area contributed by atoms with Gasteiger partial charge >= 0.3 is 0 Å². The van der Waals surface area contributed by atoms with Gasteiger partial charge in [-0.3, -0.25) is 4.79 Å². The zero-order valence-corrected chi connectivity index (χ0v) is 9.82.